The smallest absolute Gasteiger partial charge is 0.258 e. The number of nitrogens with zero attached hydrogens (tertiary/aromatic N) is 6. The summed E-state index contributed by atoms with van der Waals surface area (Å²) in [6.07, 6.45) is 3.74. The lowest BCUT2D eigenvalue weighted by molar-refractivity contribution is -0.0451. The van der Waals surface area contributed by atoms with E-state index in [2.05, 4.69) is 30.4 Å². The Kier molecular flexibility index (Phi) is 4.72. The molecule has 2 aliphatic carbocycles. The standard InChI is InChI=1S/C22H29N7O4/c1-22(2,3)21-27-19(33-28-21)16-14(30)15(31)20(32-16)29-9-25-13-17(23-8-24-18(13)29)26-12-7-10-4-5-11(12)6-10/h8-12,14-16,20,30-31H,4-7H2,1-3H3,(H,23,24,26)/t10-,11+,12-,14+,15-,16+,20-/m1/s1. The highest BCUT2D eigenvalue weighted by Gasteiger charge is 2.48. The van der Waals surface area contributed by atoms with E-state index in [9.17, 15) is 10.2 Å². The van der Waals surface area contributed by atoms with Crippen LogP contribution in [0.3, 0.4) is 0 Å². The molecule has 1 aliphatic heterocycles. The number of imidazole rings is 1. The van der Waals surface area contributed by atoms with E-state index >= 15 is 0 Å². The van der Waals surface area contributed by atoms with Gasteiger partial charge in [0.1, 0.15) is 18.5 Å². The summed E-state index contributed by atoms with van der Waals surface area (Å²) in [6.45, 7) is 5.89. The van der Waals surface area contributed by atoms with Gasteiger partial charge in [0.05, 0.1) is 6.33 Å². The number of rotatable bonds is 4. The third-order valence-corrected chi connectivity index (χ3v) is 7.29. The molecule has 3 aromatic heterocycles. The minimum atomic E-state index is -1.24. The topological polar surface area (TPSA) is 144 Å². The van der Waals surface area contributed by atoms with Crippen LogP contribution in [0.1, 0.15) is 70.5 Å². The van der Waals surface area contributed by atoms with Crippen molar-refractivity contribution < 1.29 is 19.5 Å². The summed E-state index contributed by atoms with van der Waals surface area (Å²) in [5.74, 6) is 2.82. The molecule has 3 aliphatic rings. The van der Waals surface area contributed by atoms with Gasteiger partial charge >= 0.3 is 0 Å². The van der Waals surface area contributed by atoms with Gasteiger partial charge in [0, 0.05) is 11.5 Å². The van der Waals surface area contributed by atoms with Crippen molar-refractivity contribution in [2.45, 2.75) is 82.5 Å². The van der Waals surface area contributed by atoms with Crippen LogP contribution in [0.2, 0.25) is 0 Å². The van der Waals surface area contributed by atoms with Crippen molar-refractivity contribution >= 4 is 17.0 Å². The number of nitrogens with one attached hydrogen (secondary N) is 1. The normalized spacial score (nSPS) is 33.9. The first-order valence-electron chi connectivity index (χ1n) is 11.6. The van der Waals surface area contributed by atoms with Crippen molar-refractivity contribution in [2.75, 3.05) is 5.32 Å². The molecule has 6 rings (SSSR count). The van der Waals surface area contributed by atoms with Crippen LogP contribution in [0.4, 0.5) is 5.82 Å². The highest BCUT2D eigenvalue weighted by Crippen LogP contribution is 2.46. The Balaban J connectivity index is 1.27. The molecule has 11 nitrogen and oxygen atoms in total. The second-order valence-corrected chi connectivity index (χ2v) is 10.6. The number of anilines is 1. The van der Waals surface area contributed by atoms with Crippen molar-refractivity contribution in [3.05, 3.63) is 24.4 Å². The number of aromatic nitrogens is 6. The van der Waals surface area contributed by atoms with Crippen LogP contribution in [0.15, 0.2) is 17.2 Å². The van der Waals surface area contributed by atoms with Crippen molar-refractivity contribution in [1.29, 1.82) is 0 Å². The van der Waals surface area contributed by atoms with Gasteiger partial charge in [0.25, 0.3) is 5.89 Å². The molecule has 4 heterocycles. The Morgan fingerprint density at radius 1 is 1.09 bits per heavy atom. The zero-order valence-corrected chi connectivity index (χ0v) is 18.9. The number of fused-ring (bicyclic) bond motifs is 3. The van der Waals surface area contributed by atoms with Crippen LogP contribution in [-0.4, -0.2) is 58.1 Å². The summed E-state index contributed by atoms with van der Waals surface area (Å²) in [5.41, 5.74) is 0.818. The summed E-state index contributed by atoms with van der Waals surface area (Å²) in [6, 6.07) is 0.404. The average Bonchev–Trinajstić information content (AvgIpc) is 3.57. The lowest BCUT2D eigenvalue weighted by atomic mass is 9.95. The van der Waals surface area contributed by atoms with Crippen LogP contribution >= 0.6 is 0 Å². The molecule has 1 saturated heterocycles. The molecular formula is C22H29N7O4. The van der Waals surface area contributed by atoms with Gasteiger partial charge in [-0.3, -0.25) is 4.57 Å². The monoisotopic (exact) mass is 455 g/mol. The van der Waals surface area contributed by atoms with E-state index in [4.69, 9.17) is 9.26 Å². The molecule has 0 radical (unpaired) electrons. The molecule has 3 aromatic rings. The molecule has 7 atom stereocenters. The van der Waals surface area contributed by atoms with Gasteiger partial charge in [-0.25, -0.2) is 15.0 Å². The molecule has 176 valence electrons. The van der Waals surface area contributed by atoms with Crippen molar-refractivity contribution in [2.24, 2.45) is 11.8 Å². The Morgan fingerprint density at radius 3 is 2.64 bits per heavy atom. The maximum Gasteiger partial charge on any atom is 0.258 e. The van der Waals surface area contributed by atoms with Gasteiger partial charge in [-0.1, -0.05) is 32.3 Å². The maximum atomic E-state index is 10.8. The maximum absolute atomic E-state index is 10.8. The Morgan fingerprint density at radius 2 is 1.94 bits per heavy atom. The van der Waals surface area contributed by atoms with E-state index in [1.165, 1.54) is 25.6 Å². The highest BCUT2D eigenvalue weighted by molar-refractivity contribution is 5.82. The molecule has 33 heavy (non-hydrogen) atoms. The first-order chi connectivity index (χ1) is 15.8. The van der Waals surface area contributed by atoms with Crippen LogP contribution in [0.25, 0.3) is 11.2 Å². The number of hydrogen-bond donors (Lipinski definition) is 3. The summed E-state index contributed by atoms with van der Waals surface area (Å²) < 4.78 is 13.0. The van der Waals surface area contributed by atoms with E-state index in [1.54, 1.807) is 10.9 Å². The van der Waals surface area contributed by atoms with Gasteiger partial charge in [0.2, 0.25) is 0 Å². The summed E-state index contributed by atoms with van der Waals surface area (Å²) in [7, 11) is 0. The minimum Gasteiger partial charge on any atom is -0.387 e. The Labute approximate surface area is 190 Å². The zero-order valence-electron chi connectivity index (χ0n) is 18.9. The molecule has 0 unspecified atom stereocenters. The minimum absolute atomic E-state index is 0.131. The van der Waals surface area contributed by atoms with E-state index in [0.717, 1.165) is 12.3 Å². The fourth-order valence-corrected chi connectivity index (χ4v) is 5.49. The van der Waals surface area contributed by atoms with E-state index in [1.807, 2.05) is 20.8 Å². The summed E-state index contributed by atoms with van der Waals surface area (Å²) in [4.78, 5) is 17.7. The fraction of sp³-hybridized carbons (Fsp3) is 0.682. The summed E-state index contributed by atoms with van der Waals surface area (Å²) in [5, 5.41) is 29.0. The quantitative estimate of drug-likeness (QED) is 0.535. The zero-order chi connectivity index (χ0) is 22.9. The van der Waals surface area contributed by atoms with Gasteiger partial charge < -0.3 is 24.8 Å². The van der Waals surface area contributed by atoms with Crippen LogP contribution in [0.5, 0.6) is 0 Å². The van der Waals surface area contributed by atoms with Gasteiger partial charge in [-0.2, -0.15) is 4.98 Å². The van der Waals surface area contributed by atoms with Crippen LogP contribution in [0, 0.1) is 11.8 Å². The average molecular weight is 456 g/mol. The van der Waals surface area contributed by atoms with E-state index < -0.39 is 24.5 Å². The number of aliphatic hydroxyl groups excluding tert-OH is 2. The molecule has 2 bridgehead atoms. The fourth-order valence-electron chi connectivity index (χ4n) is 5.49. The predicted molar refractivity (Wildman–Crippen MR) is 116 cm³/mol. The van der Waals surface area contributed by atoms with Crippen molar-refractivity contribution in [1.82, 2.24) is 29.7 Å². The van der Waals surface area contributed by atoms with Crippen molar-refractivity contribution in [3.8, 4) is 0 Å². The predicted octanol–water partition coefficient (Wildman–Crippen LogP) is 2.10. The highest BCUT2D eigenvalue weighted by atomic mass is 16.6. The Hall–Kier alpha value is -2.63. The molecule has 11 heteroatoms. The van der Waals surface area contributed by atoms with Gasteiger partial charge in [-0.15, -0.1) is 0 Å². The second kappa shape index (κ2) is 7.44. The largest absolute Gasteiger partial charge is 0.387 e. The molecular weight excluding hydrogens is 426 g/mol. The first-order valence-corrected chi connectivity index (χ1v) is 11.6. The van der Waals surface area contributed by atoms with Crippen molar-refractivity contribution in [3.63, 3.8) is 0 Å². The van der Waals surface area contributed by atoms with Crippen LogP contribution < -0.4 is 5.32 Å². The van der Waals surface area contributed by atoms with E-state index in [0.29, 0.717) is 34.8 Å². The van der Waals surface area contributed by atoms with Gasteiger partial charge in [-0.05, 0) is 31.1 Å². The third-order valence-electron chi connectivity index (χ3n) is 7.29. The SMILES string of the molecule is CC(C)(C)c1noc([C@H]2O[C@@H](n3cnc4c(N[C@@H]5C[C@@H]6CC[C@H]5C6)ncnc43)[C@H](O)[C@@H]2O)n1. The lowest BCUT2D eigenvalue weighted by Gasteiger charge is -2.23. The molecule has 0 aromatic carbocycles. The van der Waals surface area contributed by atoms with E-state index in [-0.39, 0.29) is 11.3 Å². The number of ether oxygens (including phenoxy) is 1. The second-order valence-electron chi connectivity index (χ2n) is 10.6. The Bertz CT molecular complexity index is 1170. The summed E-state index contributed by atoms with van der Waals surface area (Å²) >= 11 is 0. The molecule has 0 spiro atoms. The number of aliphatic hydroxyl groups is 2. The molecule has 0 amide bonds. The molecule has 2 saturated carbocycles. The first kappa shape index (κ1) is 20.9. The van der Waals surface area contributed by atoms with Crippen LogP contribution in [-0.2, 0) is 10.2 Å². The third kappa shape index (κ3) is 3.41. The lowest BCUT2D eigenvalue weighted by Crippen LogP contribution is -2.29. The molecule has 3 N–H and O–H groups in total. The molecule has 3 fully saturated rings. The van der Waals surface area contributed by atoms with Gasteiger partial charge in [0.15, 0.2) is 35.1 Å². The number of hydrogen-bond acceptors (Lipinski definition) is 10.